The lowest BCUT2D eigenvalue weighted by molar-refractivity contribution is -0.138. The van der Waals surface area contributed by atoms with Gasteiger partial charge in [-0.05, 0) is 31.0 Å². The first-order valence-corrected chi connectivity index (χ1v) is 10.5. The first kappa shape index (κ1) is 23.4. The van der Waals surface area contributed by atoms with Crippen LogP contribution in [0.3, 0.4) is 0 Å². The predicted octanol–water partition coefficient (Wildman–Crippen LogP) is 5.75. The molecule has 1 aromatic heterocycles. The summed E-state index contributed by atoms with van der Waals surface area (Å²) in [5.41, 5.74) is 0.214. The van der Waals surface area contributed by atoms with Crippen molar-refractivity contribution in [1.29, 1.82) is 0 Å². The molecule has 0 fully saturated rings. The minimum atomic E-state index is -4.50. The number of carbonyl (C=O) groups is 1. The van der Waals surface area contributed by atoms with Crippen LogP contribution < -0.4 is 5.69 Å². The topological polar surface area (TPSA) is 64.2 Å². The maximum atomic E-state index is 13.2. The van der Waals surface area contributed by atoms with E-state index in [1.165, 1.54) is 21.3 Å². The van der Waals surface area contributed by atoms with Gasteiger partial charge < -0.3 is 5.11 Å². The van der Waals surface area contributed by atoms with Crippen molar-refractivity contribution in [2.75, 3.05) is 0 Å². The molecule has 0 saturated carbocycles. The van der Waals surface area contributed by atoms with Gasteiger partial charge in [-0.25, -0.2) is 4.79 Å². The van der Waals surface area contributed by atoms with Crippen molar-refractivity contribution in [3.8, 4) is 16.9 Å². The van der Waals surface area contributed by atoms with Gasteiger partial charge in [-0.1, -0.05) is 55.7 Å². The molecule has 0 aliphatic carbocycles. The number of carboxylic acids is 1. The van der Waals surface area contributed by atoms with Crippen LogP contribution in [0, 0.1) is 0 Å². The van der Waals surface area contributed by atoms with E-state index in [9.17, 15) is 22.8 Å². The fourth-order valence-electron chi connectivity index (χ4n) is 3.62. The second kappa shape index (κ2) is 10.3. The first-order valence-electron chi connectivity index (χ1n) is 10.5. The summed E-state index contributed by atoms with van der Waals surface area (Å²) in [6.07, 6.45) is 1.18. The van der Waals surface area contributed by atoms with Crippen molar-refractivity contribution in [1.82, 2.24) is 9.13 Å². The van der Waals surface area contributed by atoms with Gasteiger partial charge in [-0.3, -0.25) is 13.9 Å². The van der Waals surface area contributed by atoms with Gasteiger partial charge in [0.15, 0.2) is 0 Å². The average molecular weight is 446 g/mol. The summed E-state index contributed by atoms with van der Waals surface area (Å²) in [7, 11) is 0. The number of carboxylic acid groups (broad SMARTS) is 1. The number of aromatic nitrogens is 2. The molecule has 0 saturated heterocycles. The monoisotopic (exact) mass is 446 g/mol. The van der Waals surface area contributed by atoms with Crippen LogP contribution in [0.15, 0.2) is 65.6 Å². The van der Waals surface area contributed by atoms with E-state index in [0.717, 1.165) is 37.0 Å². The molecule has 0 atom stereocenters. The van der Waals surface area contributed by atoms with E-state index in [1.54, 1.807) is 6.20 Å². The minimum Gasteiger partial charge on any atom is -0.481 e. The van der Waals surface area contributed by atoms with Gasteiger partial charge in [0.2, 0.25) is 0 Å². The number of rotatable bonds is 10. The number of nitrogens with zero attached hydrogens (tertiary/aromatic N) is 2. The zero-order chi connectivity index (χ0) is 23.1. The molecule has 32 heavy (non-hydrogen) atoms. The van der Waals surface area contributed by atoms with Gasteiger partial charge in [0.1, 0.15) is 0 Å². The standard InChI is InChI=1S/C24H25F3N2O3/c25-24(26,27)19-12-9-13-20(16-19)29-21(18-10-5-4-6-11-18)17-28(23(29)32)15-8-3-1-2-7-14-22(30)31/h4-6,9-13,16-17H,1-3,7-8,14-15H2,(H,30,31). The molecule has 1 N–H and O–H groups in total. The number of unbranched alkanes of at least 4 members (excludes halogenated alkanes) is 4. The third-order valence-corrected chi connectivity index (χ3v) is 5.25. The van der Waals surface area contributed by atoms with Gasteiger partial charge in [-0.15, -0.1) is 0 Å². The van der Waals surface area contributed by atoms with Crippen molar-refractivity contribution in [2.24, 2.45) is 0 Å². The highest BCUT2D eigenvalue weighted by atomic mass is 19.4. The Balaban J connectivity index is 1.84. The maximum absolute atomic E-state index is 13.2. The molecule has 0 aliphatic rings. The highest BCUT2D eigenvalue weighted by Crippen LogP contribution is 2.31. The van der Waals surface area contributed by atoms with Crippen LogP contribution in [0.25, 0.3) is 16.9 Å². The van der Waals surface area contributed by atoms with E-state index in [0.29, 0.717) is 25.1 Å². The molecular weight excluding hydrogens is 421 g/mol. The summed E-state index contributed by atoms with van der Waals surface area (Å²) < 4.78 is 42.5. The molecule has 0 spiro atoms. The molecule has 2 aromatic carbocycles. The number of aryl methyl sites for hydroxylation is 1. The molecule has 8 heteroatoms. The Kier molecular flexibility index (Phi) is 7.56. The number of alkyl halides is 3. The second-order valence-electron chi connectivity index (χ2n) is 7.65. The molecule has 0 bridgehead atoms. The van der Waals surface area contributed by atoms with Crippen molar-refractivity contribution in [2.45, 2.75) is 51.2 Å². The Morgan fingerprint density at radius 1 is 0.906 bits per heavy atom. The Bertz CT molecular complexity index is 1100. The zero-order valence-corrected chi connectivity index (χ0v) is 17.5. The van der Waals surface area contributed by atoms with Crippen LogP contribution in [0.5, 0.6) is 0 Å². The van der Waals surface area contributed by atoms with Crippen LogP contribution in [0.4, 0.5) is 13.2 Å². The highest BCUT2D eigenvalue weighted by Gasteiger charge is 2.31. The van der Waals surface area contributed by atoms with Crippen LogP contribution in [0.2, 0.25) is 0 Å². The Hall–Kier alpha value is -3.29. The smallest absolute Gasteiger partial charge is 0.416 e. The van der Waals surface area contributed by atoms with Gasteiger partial charge in [0.25, 0.3) is 0 Å². The molecule has 1 heterocycles. The van der Waals surface area contributed by atoms with Crippen LogP contribution in [-0.2, 0) is 17.5 Å². The van der Waals surface area contributed by atoms with Crippen molar-refractivity contribution in [3.63, 3.8) is 0 Å². The van der Waals surface area contributed by atoms with Gasteiger partial charge in [0, 0.05) is 24.7 Å². The molecule has 3 rings (SSSR count). The van der Waals surface area contributed by atoms with Crippen molar-refractivity contribution in [3.05, 3.63) is 76.8 Å². The summed E-state index contributed by atoms with van der Waals surface area (Å²) in [5.74, 6) is -0.805. The number of benzene rings is 2. The minimum absolute atomic E-state index is 0.153. The molecule has 170 valence electrons. The fourth-order valence-corrected chi connectivity index (χ4v) is 3.62. The van der Waals surface area contributed by atoms with Crippen LogP contribution in [-0.4, -0.2) is 20.2 Å². The average Bonchev–Trinajstić information content (AvgIpc) is 3.09. The van der Waals surface area contributed by atoms with Crippen molar-refractivity contribution >= 4 is 5.97 Å². The number of hydrogen-bond donors (Lipinski definition) is 1. The lowest BCUT2D eigenvalue weighted by atomic mass is 10.1. The summed E-state index contributed by atoms with van der Waals surface area (Å²) in [5, 5.41) is 8.67. The van der Waals surface area contributed by atoms with Crippen LogP contribution in [0.1, 0.15) is 44.1 Å². The third-order valence-electron chi connectivity index (χ3n) is 5.25. The lowest BCUT2D eigenvalue weighted by Crippen LogP contribution is -2.24. The first-order chi connectivity index (χ1) is 15.3. The largest absolute Gasteiger partial charge is 0.481 e. The maximum Gasteiger partial charge on any atom is 0.416 e. The van der Waals surface area contributed by atoms with Crippen molar-refractivity contribution < 1.29 is 23.1 Å². The quantitative estimate of drug-likeness (QED) is 0.403. The summed E-state index contributed by atoms with van der Waals surface area (Å²) in [6, 6.07) is 13.8. The molecule has 0 aliphatic heterocycles. The second-order valence-corrected chi connectivity index (χ2v) is 7.65. The Morgan fingerprint density at radius 3 is 2.28 bits per heavy atom. The molecule has 0 amide bonds. The highest BCUT2D eigenvalue weighted by molar-refractivity contribution is 5.66. The van der Waals surface area contributed by atoms with Gasteiger partial charge in [0.05, 0.1) is 16.9 Å². The van der Waals surface area contributed by atoms with Gasteiger partial charge >= 0.3 is 17.8 Å². The van der Waals surface area contributed by atoms with E-state index in [4.69, 9.17) is 5.11 Å². The lowest BCUT2D eigenvalue weighted by Gasteiger charge is -2.11. The Morgan fingerprint density at radius 2 is 1.59 bits per heavy atom. The molecule has 3 aromatic rings. The summed E-state index contributed by atoms with van der Waals surface area (Å²) in [4.78, 5) is 23.7. The number of halogens is 3. The number of aliphatic carboxylic acids is 1. The van der Waals surface area contributed by atoms with E-state index in [2.05, 4.69) is 0 Å². The third kappa shape index (κ3) is 5.90. The number of imidazole rings is 1. The van der Waals surface area contributed by atoms with E-state index >= 15 is 0 Å². The predicted molar refractivity (Wildman–Crippen MR) is 116 cm³/mol. The fraction of sp³-hybridized carbons (Fsp3) is 0.333. The summed E-state index contributed by atoms with van der Waals surface area (Å²) in [6.45, 7) is 0.434. The van der Waals surface area contributed by atoms with E-state index in [-0.39, 0.29) is 12.1 Å². The van der Waals surface area contributed by atoms with E-state index in [1.807, 2.05) is 30.3 Å². The molecule has 0 unspecified atom stereocenters. The molecule has 0 radical (unpaired) electrons. The molecule has 5 nitrogen and oxygen atoms in total. The molecular formula is C24H25F3N2O3. The normalized spacial score (nSPS) is 11.6. The number of hydrogen-bond acceptors (Lipinski definition) is 2. The van der Waals surface area contributed by atoms with Gasteiger partial charge in [-0.2, -0.15) is 13.2 Å². The Labute approximate surface area is 183 Å². The van der Waals surface area contributed by atoms with Crippen LogP contribution >= 0.6 is 0 Å². The zero-order valence-electron chi connectivity index (χ0n) is 17.5. The SMILES string of the molecule is O=C(O)CCCCCCCn1cc(-c2ccccc2)n(-c2cccc(C(F)(F)F)c2)c1=O. The van der Waals surface area contributed by atoms with E-state index < -0.39 is 23.4 Å². The summed E-state index contributed by atoms with van der Waals surface area (Å²) >= 11 is 0.